The summed E-state index contributed by atoms with van der Waals surface area (Å²) in [7, 11) is 1.76. The maximum absolute atomic E-state index is 13.9. The van der Waals surface area contributed by atoms with Crippen molar-refractivity contribution in [3.05, 3.63) is 77.4 Å². The molecule has 0 saturated carbocycles. The number of fused-ring (bicyclic) bond motifs is 3. The van der Waals surface area contributed by atoms with E-state index in [1.807, 2.05) is 22.9 Å². The highest BCUT2D eigenvalue weighted by Gasteiger charge is 2.24. The van der Waals surface area contributed by atoms with Crippen molar-refractivity contribution in [2.24, 2.45) is 0 Å². The summed E-state index contributed by atoms with van der Waals surface area (Å²) >= 11 is 6.50. The minimum absolute atomic E-state index is 0.115. The maximum atomic E-state index is 13.9. The molecule has 1 aromatic carbocycles. The van der Waals surface area contributed by atoms with Gasteiger partial charge in [-0.25, -0.2) is 9.37 Å². The monoisotopic (exact) mass is 492 g/mol. The molecule has 0 unspecified atom stereocenters. The molecule has 0 bridgehead atoms. The summed E-state index contributed by atoms with van der Waals surface area (Å²) in [4.78, 5) is 4.33. The van der Waals surface area contributed by atoms with E-state index in [-0.39, 0.29) is 12.4 Å². The third-order valence-electron chi connectivity index (χ3n) is 5.66. The van der Waals surface area contributed by atoms with Gasteiger partial charge in [-0.2, -0.15) is 0 Å². The molecule has 0 atom stereocenters. The molecule has 0 amide bonds. The zero-order valence-corrected chi connectivity index (χ0v) is 19.6. The lowest BCUT2D eigenvalue weighted by atomic mass is 10.1. The number of nitrogens with one attached hydrogen (secondary N) is 3. The Balaban J connectivity index is 1.42. The molecule has 0 spiro atoms. The van der Waals surface area contributed by atoms with E-state index in [1.165, 1.54) is 12.3 Å². The van der Waals surface area contributed by atoms with Gasteiger partial charge in [0, 0.05) is 49.9 Å². The first-order chi connectivity index (χ1) is 17.1. The Morgan fingerprint density at radius 1 is 1.26 bits per heavy atom. The smallest absolute Gasteiger partial charge is 0.180 e. The minimum atomic E-state index is -0.414. The van der Waals surface area contributed by atoms with Gasteiger partial charge < -0.3 is 29.9 Å². The largest absolute Gasteiger partial charge is 0.483 e. The van der Waals surface area contributed by atoms with Gasteiger partial charge in [0.05, 0.1) is 10.7 Å². The summed E-state index contributed by atoms with van der Waals surface area (Å²) in [5.74, 6) is 2.33. The zero-order valence-electron chi connectivity index (χ0n) is 18.8. The van der Waals surface area contributed by atoms with Crippen molar-refractivity contribution in [1.82, 2.24) is 29.6 Å². The normalized spacial score (nSPS) is 12.6. The Morgan fingerprint density at radius 2 is 2.11 bits per heavy atom. The number of hydrogen-bond donors (Lipinski definition) is 3. The quantitative estimate of drug-likeness (QED) is 0.316. The second-order valence-electron chi connectivity index (χ2n) is 7.79. The van der Waals surface area contributed by atoms with Crippen LogP contribution in [0.2, 0.25) is 5.02 Å². The summed E-state index contributed by atoms with van der Waals surface area (Å²) in [6.45, 7) is 1.49. The van der Waals surface area contributed by atoms with E-state index < -0.39 is 5.82 Å². The summed E-state index contributed by atoms with van der Waals surface area (Å²) in [5, 5.41) is 22.6. The van der Waals surface area contributed by atoms with Gasteiger partial charge in [0.2, 0.25) is 0 Å². The highest BCUT2D eigenvalue weighted by Crippen LogP contribution is 2.35. The van der Waals surface area contributed by atoms with Crippen molar-refractivity contribution >= 4 is 23.6 Å². The molecule has 0 radical (unpaired) electrons. The first kappa shape index (κ1) is 22.6. The van der Waals surface area contributed by atoms with Crippen LogP contribution in [0, 0.1) is 11.2 Å². The van der Waals surface area contributed by atoms with E-state index in [0.717, 1.165) is 16.8 Å². The fourth-order valence-electron chi connectivity index (χ4n) is 3.95. The number of rotatable bonds is 8. The molecule has 11 heteroatoms. The van der Waals surface area contributed by atoms with Crippen molar-refractivity contribution in [1.29, 1.82) is 5.41 Å². The number of halogens is 2. The third kappa shape index (κ3) is 4.47. The van der Waals surface area contributed by atoms with Gasteiger partial charge in [-0.15, -0.1) is 10.2 Å². The molecule has 1 aliphatic heterocycles. The number of allylic oxidation sites excluding steroid dienone is 1. The molecule has 35 heavy (non-hydrogen) atoms. The number of aryl methyl sites for hydroxylation is 1. The number of anilines is 1. The van der Waals surface area contributed by atoms with Crippen LogP contribution in [0.1, 0.15) is 5.82 Å². The average Bonchev–Trinajstić information content (AvgIpc) is 3.48. The zero-order chi connectivity index (χ0) is 24.4. The lowest BCUT2D eigenvalue weighted by molar-refractivity contribution is 0.273. The Bertz CT molecular complexity index is 1430. The number of ether oxygens (including phenoxy) is 1. The van der Waals surface area contributed by atoms with Gasteiger partial charge in [0.1, 0.15) is 18.2 Å². The van der Waals surface area contributed by atoms with Crippen LogP contribution in [0.15, 0.2) is 60.7 Å². The number of hydrogen-bond acceptors (Lipinski definition) is 7. The highest BCUT2D eigenvalue weighted by molar-refractivity contribution is 6.33. The molecule has 5 rings (SSSR count). The van der Waals surface area contributed by atoms with E-state index in [0.29, 0.717) is 41.4 Å². The van der Waals surface area contributed by atoms with E-state index in [4.69, 9.17) is 21.7 Å². The lowest BCUT2D eigenvalue weighted by Crippen LogP contribution is -2.18. The Kier molecular flexibility index (Phi) is 6.19. The molecule has 3 aromatic heterocycles. The molecule has 1 aliphatic rings. The predicted octanol–water partition coefficient (Wildman–Crippen LogP) is 4.32. The number of pyridine rings is 1. The molecular formula is C24H22ClFN8O. The van der Waals surface area contributed by atoms with Crippen LogP contribution in [0.4, 0.5) is 10.2 Å². The van der Waals surface area contributed by atoms with Crippen LogP contribution in [0.25, 0.3) is 22.6 Å². The molecule has 0 fully saturated rings. The van der Waals surface area contributed by atoms with Gasteiger partial charge in [0.25, 0.3) is 0 Å². The first-order valence-electron chi connectivity index (χ1n) is 10.9. The molecule has 0 aliphatic carbocycles. The standard InChI is InChI=1S/C24H22ClFN8O/c1-28-21(6-7-27)30-22-11-16(17(25)12-29-22)15-10-19-24-32-31-23(34(24)9-8-33(19)13-15)14-35-20-5-3-2-4-18(20)26/h2-7,10-13,27-28H,8-9,14H2,1H3,(H,29,30)/b21-6+,27-7?. The van der Waals surface area contributed by atoms with E-state index >= 15 is 0 Å². The van der Waals surface area contributed by atoms with Crippen LogP contribution in [0.3, 0.4) is 0 Å². The second kappa shape index (κ2) is 9.59. The van der Waals surface area contributed by atoms with E-state index in [9.17, 15) is 4.39 Å². The summed E-state index contributed by atoms with van der Waals surface area (Å²) < 4.78 is 23.6. The Hall–Kier alpha value is -4.18. The van der Waals surface area contributed by atoms with Crippen LogP contribution < -0.4 is 15.4 Å². The number of aromatic nitrogens is 5. The molecule has 4 heterocycles. The van der Waals surface area contributed by atoms with E-state index in [1.54, 1.807) is 37.5 Å². The van der Waals surface area contributed by atoms with Gasteiger partial charge in [-0.1, -0.05) is 23.7 Å². The fraction of sp³-hybridized carbons (Fsp3) is 0.167. The van der Waals surface area contributed by atoms with Crippen molar-refractivity contribution in [2.45, 2.75) is 19.7 Å². The molecule has 178 valence electrons. The van der Waals surface area contributed by atoms with Gasteiger partial charge >= 0.3 is 0 Å². The topological polar surface area (TPSA) is 106 Å². The lowest BCUT2D eigenvalue weighted by Gasteiger charge is -2.18. The molecule has 0 saturated heterocycles. The summed E-state index contributed by atoms with van der Waals surface area (Å²) in [5.41, 5.74) is 2.63. The van der Waals surface area contributed by atoms with Crippen molar-refractivity contribution < 1.29 is 9.13 Å². The second-order valence-corrected chi connectivity index (χ2v) is 8.20. The number of para-hydroxylation sites is 1. The first-order valence-corrected chi connectivity index (χ1v) is 11.3. The van der Waals surface area contributed by atoms with Gasteiger partial charge in [-0.05, 0) is 30.3 Å². The summed E-state index contributed by atoms with van der Waals surface area (Å²) in [6.07, 6.45) is 6.39. The minimum Gasteiger partial charge on any atom is -0.483 e. The van der Waals surface area contributed by atoms with Crippen molar-refractivity contribution in [3.8, 4) is 28.4 Å². The molecule has 3 N–H and O–H groups in total. The van der Waals surface area contributed by atoms with E-state index in [2.05, 4.69) is 30.4 Å². The Morgan fingerprint density at radius 3 is 2.91 bits per heavy atom. The highest BCUT2D eigenvalue weighted by atomic mass is 35.5. The van der Waals surface area contributed by atoms with Gasteiger partial charge in [0.15, 0.2) is 23.2 Å². The molecular weight excluding hydrogens is 471 g/mol. The van der Waals surface area contributed by atoms with Gasteiger partial charge in [-0.3, -0.25) is 0 Å². The molecule has 4 aromatic rings. The number of benzene rings is 1. The Labute approximate surface area is 205 Å². The van der Waals surface area contributed by atoms with Crippen LogP contribution in [0.5, 0.6) is 5.75 Å². The molecule has 9 nitrogen and oxygen atoms in total. The van der Waals surface area contributed by atoms with Crippen LogP contribution in [-0.2, 0) is 19.7 Å². The maximum Gasteiger partial charge on any atom is 0.180 e. The predicted molar refractivity (Wildman–Crippen MR) is 132 cm³/mol. The number of nitrogens with zero attached hydrogens (tertiary/aromatic N) is 5. The van der Waals surface area contributed by atoms with Crippen LogP contribution >= 0.6 is 11.6 Å². The van der Waals surface area contributed by atoms with Crippen LogP contribution in [-0.4, -0.2) is 37.6 Å². The van der Waals surface area contributed by atoms with Crippen molar-refractivity contribution in [3.63, 3.8) is 0 Å². The van der Waals surface area contributed by atoms with Crippen molar-refractivity contribution in [2.75, 3.05) is 12.4 Å². The fourth-order valence-corrected chi connectivity index (χ4v) is 4.16. The third-order valence-corrected chi connectivity index (χ3v) is 5.96. The summed E-state index contributed by atoms with van der Waals surface area (Å²) in [6, 6.07) is 10.2. The SMILES string of the molecule is CN/C(=C\C=N)Nc1cc(-c2cc3n(c2)CCn2c(COc4ccccc4F)nnc2-3)c(Cl)cn1. The average molecular weight is 493 g/mol.